The van der Waals surface area contributed by atoms with E-state index >= 15 is 0 Å². The first kappa shape index (κ1) is 20.4. The number of amides is 2. The predicted molar refractivity (Wildman–Crippen MR) is 117 cm³/mol. The maximum atomic E-state index is 12.4. The summed E-state index contributed by atoms with van der Waals surface area (Å²) in [7, 11) is 1.70. The molecule has 0 spiro atoms. The number of piperazine rings is 1. The summed E-state index contributed by atoms with van der Waals surface area (Å²) in [6.07, 6.45) is 2.96. The second-order valence-corrected chi connectivity index (χ2v) is 7.90. The summed E-state index contributed by atoms with van der Waals surface area (Å²) in [5, 5.41) is 0. The molecule has 0 bridgehead atoms. The van der Waals surface area contributed by atoms with E-state index in [2.05, 4.69) is 21.9 Å². The van der Waals surface area contributed by atoms with Crippen molar-refractivity contribution in [3.63, 3.8) is 0 Å². The number of fused-ring (bicyclic) bond motifs is 1. The lowest BCUT2D eigenvalue weighted by Gasteiger charge is -2.36. The molecule has 1 saturated heterocycles. The predicted octanol–water partition coefficient (Wildman–Crippen LogP) is 3.28. The van der Waals surface area contributed by atoms with Gasteiger partial charge in [0.05, 0.1) is 18.2 Å². The number of anilines is 1. The highest BCUT2D eigenvalue weighted by Crippen LogP contribution is 2.24. The molecule has 0 atom stereocenters. The summed E-state index contributed by atoms with van der Waals surface area (Å²) in [6.45, 7) is 5.71. The average molecular weight is 408 g/mol. The molecule has 158 valence electrons. The number of methoxy groups -OCH3 is 1. The molecule has 0 aromatic heterocycles. The van der Waals surface area contributed by atoms with Crippen LogP contribution in [0, 0.1) is 0 Å². The molecule has 2 aliphatic heterocycles. The molecule has 30 heavy (non-hydrogen) atoms. The van der Waals surface area contributed by atoms with E-state index < -0.39 is 0 Å². The average Bonchev–Trinajstić information content (AvgIpc) is 3.04. The Hall–Kier alpha value is -2.86. The van der Waals surface area contributed by atoms with E-state index in [1.807, 2.05) is 24.3 Å². The van der Waals surface area contributed by atoms with Gasteiger partial charge in [0.15, 0.2) is 0 Å². The molecular formula is C24H29N3O3. The number of rotatable bonds is 8. The third kappa shape index (κ3) is 4.33. The summed E-state index contributed by atoms with van der Waals surface area (Å²) >= 11 is 0. The minimum absolute atomic E-state index is 0.149. The van der Waals surface area contributed by atoms with Crippen LogP contribution in [0.25, 0.3) is 0 Å². The van der Waals surface area contributed by atoms with E-state index in [4.69, 9.17) is 4.74 Å². The van der Waals surface area contributed by atoms with Crippen LogP contribution < -0.4 is 9.64 Å². The van der Waals surface area contributed by atoms with Gasteiger partial charge in [-0.05, 0) is 43.7 Å². The molecular weight excluding hydrogens is 378 g/mol. The molecule has 2 amide bonds. The van der Waals surface area contributed by atoms with Crippen LogP contribution >= 0.6 is 0 Å². The summed E-state index contributed by atoms with van der Waals surface area (Å²) in [4.78, 5) is 31.1. The number of benzene rings is 2. The first-order chi connectivity index (χ1) is 14.7. The molecule has 0 aliphatic carbocycles. The molecule has 4 rings (SSSR count). The smallest absolute Gasteiger partial charge is 0.261 e. The Morgan fingerprint density at radius 2 is 1.47 bits per heavy atom. The number of imide groups is 1. The van der Waals surface area contributed by atoms with Crippen molar-refractivity contribution < 1.29 is 14.3 Å². The lowest BCUT2D eigenvalue weighted by molar-refractivity contribution is 0.0651. The van der Waals surface area contributed by atoms with Crippen LogP contribution in [0.1, 0.15) is 40.0 Å². The Balaban J connectivity index is 1.15. The number of nitrogens with zero attached hydrogens (tertiary/aromatic N) is 3. The van der Waals surface area contributed by atoms with Crippen LogP contribution in [0.15, 0.2) is 48.5 Å². The first-order valence-corrected chi connectivity index (χ1v) is 10.7. The van der Waals surface area contributed by atoms with E-state index in [-0.39, 0.29) is 11.8 Å². The Morgan fingerprint density at radius 3 is 2.13 bits per heavy atom. The highest BCUT2D eigenvalue weighted by atomic mass is 16.5. The van der Waals surface area contributed by atoms with Gasteiger partial charge >= 0.3 is 0 Å². The van der Waals surface area contributed by atoms with Crippen molar-refractivity contribution in [1.29, 1.82) is 0 Å². The number of hydrogen-bond donors (Lipinski definition) is 0. The third-order valence-electron chi connectivity index (χ3n) is 6.03. The van der Waals surface area contributed by atoms with E-state index in [1.165, 1.54) is 10.6 Å². The lowest BCUT2D eigenvalue weighted by Crippen LogP contribution is -2.46. The number of carbonyl (C=O) groups is 2. The Labute approximate surface area is 178 Å². The van der Waals surface area contributed by atoms with Crippen molar-refractivity contribution in [3.8, 4) is 5.75 Å². The second kappa shape index (κ2) is 9.30. The molecule has 2 heterocycles. The van der Waals surface area contributed by atoms with Crippen molar-refractivity contribution in [2.75, 3.05) is 51.3 Å². The largest absolute Gasteiger partial charge is 0.497 e. The van der Waals surface area contributed by atoms with Gasteiger partial charge in [-0.2, -0.15) is 0 Å². The van der Waals surface area contributed by atoms with Crippen LogP contribution in [0.2, 0.25) is 0 Å². The zero-order chi connectivity index (χ0) is 20.9. The SMILES string of the molecule is COc1cccc(N2CCN(CCCCCN3C(=O)c4ccccc4C3=O)CC2)c1. The number of hydrogen-bond acceptors (Lipinski definition) is 5. The molecule has 2 aromatic rings. The summed E-state index contributed by atoms with van der Waals surface area (Å²) in [5.41, 5.74) is 2.29. The van der Waals surface area contributed by atoms with Gasteiger partial charge in [0.25, 0.3) is 11.8 Å². The van der Waals surface area contributed by atoms with E-state index in [9.17, 15) is 9.59 Å². The van der Waals surface area contributed by atoms with Crippen LogP contribution in [-0.2, 0) is 0 Å². The van der Waals surface area contributed by atoms with Crippen LogP contribution in [0.3, 0.4) is 0 Å². The number of ether oxygens (including phenoxy) is 1. The highest BCUT2D eigenvalue weighted by Gasteiger charge is 2.34. The van der Waals surface area contributed by atoms with E-state index in [0.717, 1.165) is 57.7 Å². The van der Waals surface area contributed by atoms with Crippen LogP contribution in [-0.4, -0.2) is 68.0 Å². The van der Waals surface area contributed by atoms with Gasteiger partial charge in [0.2, 0.25) is 0 Å². The Kier molecular flexibility index (Phi) is 6.33. The van der Waals surface area contributed by atoms with Gasteiger partial charge in [-0.15, -0.1) is 0 Å². The van der Waals surface area contributed by atoms with E-state index in [1.54, 1.807) is 19.2 Å². The van der Waals surface area contributed by atoms with Gasteiger partial charge in [-0.1, -0.05) is 24.6 Å². The van der Waals surface area contributed by atoms with Gasteiger partial charge < -0.3 is 9.64 Å². The highest BCUT2D eigenvalue weighted by molar-refractivity contribution is 6.21. The van der Waals surface area contributed by atoms with Crippen LogP contribution in [0.5, 0.6) is 5.75 Å². The first-order valence-electron chi connectivity index (χ1n) is 10.7. The second-order valence-electron chi connectivity index (χ2n) is 7.90. The molecule has 0 radical (unpaired) electrons. The number of carbonyl (C=O) groups excluding carboxylic acids is 2. The molecule has 0 saturated carbocycles. The van der Waals surface area contributed by atoms with Gasteiger partial charge in [0.1, 0.15) is 5.75 Å². The van der Waals surface area contributed by atoms with Gasteiger partial charge in [-0.3, -0.25) is 19.4 Å². The fourth-order valence-electron chi connectivity index (χ4n) is 4.26. The minimum Gasteiger partial charge on any atom is -0.497 e. The quantitative estimate of drug-likeness (QED) is 0.497. The van der Waals surface area contributed by atoms with Crippen molar-refractivity contribution in [2.45, 2.75) is 19.3 Å². The van der Waals surface area contributed by atoms with Crippen molar-refractivity contribution >= 4 is 17.5 Å². The Bertz CT molecular complexity index is 871. The minimum atomic E-state index is -0.149. The third-order valence-corrected chi connectivity index (χ3v) is 6.03. The standard InChI is InChI=1S/C24H29N3O3/c1-30-20-9-7-8-19(18-20)26-16-14-25(15-17-26)12-5-2-6-13-27-23(28)21-10-3-4-11-22(21)24(27)29/h3-4,7-11,18H,2,5-6,12-17H2,1H3. The lowest BCUT2D eigenvalue weighted by atomic mass is 10.1. The Morgan fingerprint density at radius 1 is 0.800 bits per heavy atom. The molecule has 2 aromatic carbocycles. The van der Waals surface area contributed by atoms with Crippen LogP contribution in [0.4, 0.5) is 5.69 Å². The zero-order valence-corrected chi connectivity index (χ0v) is 17.5. The zero-order valence-electron chi connectivity index (χ0n) is 17.5. The van der Waals surface area contributed by atoms with Crippen molar-refractivity contribution in [2.24, 2.45) is 0 Å². The topological polar surface area (TPSA) is 53.1 Å². The van der Waals surface area contributed by atoms with Gasteiger partial charge in [-0.25, -0.2) is 0 Å². The summed E-state index contributed by atoms with van der Waals surface area (Å²) in [6, 6.07) is 15.3. The molecule has 6 heteroatoms. The monoisotopic (exact) mass is 407 g/mol. The molecule has 2 aliphatic rings. The molecule has 0 N–H and O–H groups in total. The fraction of sp³-hybridized carbons (Fsp3) is 0.417. The summed E-state index contributed by atoms with van der Waals surface area (Å²) in [5.74, 6) is 0.599. The van der Waals surface area contributed by atoms with Gasteiger partial charge in [0, 0.05) is 44.5 Å². The normalized spacial score (nSPS) is 16.8. The molecule has 6 nitrogen and oxygen atoms in total. The van der Waals surface area contributed by atoms with Crippen molar-refractivity contribution in [1.82, 2.24) is 9.80 Å². The van der Waals surface area contributed by atoms with Crippen molar-refractivity contribution in [3.05, 3.63) is 59.7 Å². The number of unbranched alkanes of at least 4 members (excludes halogenated alkanes) is 2. The maximum Gasteiger partial charge on any atom is 0.261 e. The summed E-state index contributed by atoms with van der Waals surface area (Å²) < 4.78 is 5.33. The fourth-order valence-corrected chi connectivity index (χ4v) is 4.26. The maximum absolute atomic E-state index is 12.4. The van der Waals surface area contributed by atoms with E-state index in [0.29, 0.717) is 17.7 Å². The molecule has 0 unspecified atom stereocenters. The molecule has 1 fully saturated rings.